The zero-order chi connectivity index (χ0) is 25.0. The topological polar surface area (TPSA) is 80.7 Å². The third kappa shape index (κ3) is 4.01. The Kier molecular flexibility index (Phi) is 5.47. The second-order valence-electron chi connectivity index (χ2n) is 9.56. The lowest BCUT2D eigenvalue weighted by molar-refractivity contribution is -0.0579. The second-order valence-corrected chi connectivity index (χ2v) is 9.56. The quantitative estimate of drug-likeness (QED) is 0.562. The molecule has 2 fully saturated rings. The predicted molar refractivity (Wildman–Crippen MR) is 130 cm³/mol. The highest BCUT2D eigenvalue weighted by Gasteiger charge is 2.51. The van der Waals surface area contributed by atoms with Gasteiger partial charge in [0.25, 0.3) is 5.56 Å². The summed E-state index contributed by atoms with van der Waals surface area (Å²) in [6.45, 7) is 1.61. The number of rotatable bonds is 4. The normalized spacial score (nSPS) is 21.3. The summed E-state index contributed by atoms with van der Waals surface area (Å²) in [5.74, 6) is -3.33. The van der Waals surface area contributed by atoms with Crippen LogP contribution in [-0.4, -0.2) is 54.4 Å². The van der Waals surface area contributed by atoms with Crippen molar-refractivity contribution in [2.24, 2.45) is 13.0 Å². The zero-order valence-corrected chi connectivity index (χ0v) is 19.7. The van der Waals surface area contributed by atoms with Crippen molar-refractivity contribution < 1.29 is 22.6 Å². The molecule has 3 aromatic rings. The van der Waals surface area contributed by atoms with Gasteiger partial charge in [-0.05, 0) is 37.0 Å². The number of aryl methyl sites for hydroxylation is 1. The highest BCUT2D eigenvalue weighted by atomic mass is 19.3. The number of fused-ring (bicyclic) bond motifs is 3. The van der Waals surface area contributed by atoms with Crippen LogP contribution in [0.4, 0.5) is 36.1 Å². The fourth-order valence-electron chi connectivity index (χ4n) is 4.93. The van der Waals surface area contributed by atoms with Gasteiger partial charge in [0.15, 0.2) is 12.4 Å². The Morgan fingerprint density at radius 2 is 1.97 bits per heavy atom. The fraction of sp³-hybridized carbons (Fsp3) is 0.440. The standard InChI is InChI=1S/C25H26F3N5O3/c1-32-19-5-4-15(30-18-11-20(29-12-17(18)26)33-6-8-35-9-7-33)10-16(19)21-22(24(32)34)36-13-25(27,28)23(31-21)14-2-3-14/h4-5,10-12,14,23,31H,2-3,6-9,13H2,1H3,(H,29,30). The molecule has 0 spiro atoms. The minimum absolute atomic E-state index is 0.130. The van der Waals surface area contributed by atoms with Gasteiger partial charge in [-0.3, -0.25) is 4.79 Å². The van der Waals surface area contributed by atoms with E-state index in [-0.39, 0.29) is 23.0 Å². The Bertz CT molecular complexity index is 1390. The highest BCUT2D eigenvalue weighted by Crippen LogP contribution is 2.45. The summed E-state index contributed by atoms with van der Waals surface area (Å²) in [5, 5.41) is 6.58. The monoisotopic (exact) mass is 501 g/mol. The van der Waals surface area contributed by atoms with E-state index in [2.05, 4.69) is 15.6 Å². The first kappa shape index (κ1) is 23.0. The number of halogens is 3. The van der Waals surface area contributed by atoms with E-state index in [1.807, 2.05) is 4.90 Å². The number of ether oxygens (including phenoxy) is 2. The van der Waals surface area contributed by atoms with Gasteiger partial charge in [-0.15, -0.1) is 0 Å². The summed E-state index contributed by atoms with van der Waals surface area (Å²) in [7, 11) is 1.57. The van der Waals surface area contributed by atoms with Crippen molar-refractivity contribution in [3.8, 4) is 5.75 Å². The lowest BCUT2D eigenvalue weighted by atomic mass is 10.0. The number of aromatic nitrogens is 2. The van der Waals surface area contributed by atoms with Crippen molar-refractivity contribution in [3.63, 3.8) is 0 Å². The van der Waals surface area contributed by atoms with Crippen molar-refractivity contribution in [1.82, 2.24) is 9.55 Å². The molecule has 6 rings (SSSR count). The summed E-state index contributed by atoms with van der Waals surface area (Å²) in [4.78, 5) is 19.2. The Hall–Kier alpha value is -3.47. The second kappa shape index (κ2) is 8.58. The van der Waals surface area contributed by atoms with Gasteiger partial charge in [0.2, 0.25) is 5.75 Å². The lowest BCUT2D eigenvalue weighted by Gasteiger charge is -2.28. The van der Waals surface area contributed by atoms with Crippen molar-refractivity contribution in [2.45, 2.75) is 24.8 Å². The average molecular weight is 502 g/mol. The summed E-state index contributed by atoms with van der Waals surface area (Å²) in [5.41, 5.74) is 1.06. The number of nitrogens with one attached hydrogen (secondary N) is 2. The van der Waals surface area contributed by atoms with Crippen molar-refractivity contribution >= 4 is 33.8 Å². The van der Waals surface area contributed by atoms with E-state index in [1.54, 1.807) is 31.3 Å². The Morgan fingerprint density at radius 1 is 1.19 bits per heavy atom. The Balaban J connectivity index is 1.40. The molecule has 2 N–H and O–H groups in total. The summed E-state index contributed by atoms with van der Waals surface area (Å²) in [6, 6.07) is 5.65. The number of pyridine rings is 2. The van der Waals surface area contributed by atoms with Gasteiger partial charge in [-0.2, -0.15) is 0 Å². The molecule has 11 heteroatoms. The molecule has 2 aromatic heterocycles. The molecule has 0 amide bonds. The van der Waals surface area contributed by atoms with Crippen LogP contribution < -0.4 is 25.8 Å². The van der Waals surface area contributed by atoms with Crippen molar-refractivity contribution in [1.29, 1.82) is 0 Å². The van der Waals surface area contributed by atoms with Crippen LogP contribution in [0.25, 0.3) is 10.9 Å². The molecule has 1 saturated heterocycles. The predicted octanol–water partition coefficient (Wildman–Crippen LogP) is 3.87. The first-order valence-corrected chi connectivity index (χ1v) is 12.0. The van der Waals surface area contributed by atoms with Gasteiger partial charge in [-0.1, -0.05) is 0 Å². The van der Waals surface area contributed by atoms with Gasteiger partial charge in [0.1, 0.15) is 5.82 Å². The van der Waals surface area contributed by atoms with Gasteiger partial charge < -0.3 is 29.6 Å². The number of hydrogen-bond acceptors (Lipinski definition) is 7. The molecule has 3 aliphatic rings. The molecular formula is C25H26F3N5O3. The highest BCUT2D eigenvalue weighted by molar-refractivity contribution is 5.97. The third-order valence-electron chi connectivity index (χ3n) is 7.07. The number of morpholine rings is 1. The number of alkyl halides is 2. The van der Waals surface area contributed by atoms with Crippen molar-refractivity contribution in [3.05, 3.63) is 46.6 Å². The molecule has 8 nitrogen and oxygen atoms in total. The molecule has 1 atom stereocenters. The lowest BCUT2D eigenvalue weighted by Crippen LogP contribution is -2.44. The molecule has 190 valence electrons. The number of benzene rings is 1. The SMILES string of the molecule is Cn1c(=O)c2c(c3cc(Nc4cc(N5CCOCC5)ncc4F)ccc31)NC(C1CC1)C(F)(F)CO2. The van der Waals surface area contributed by atoms with Crippen LogP contribution in [0, 0.1) is 11.7 Å². The maximum Gasteiger partial charge on any atom is 0.301 e. The maximum absolute atomic E-state index is 14.9. The molecular weight excluding hydrogens is 475 g/mol. The van der Waals surface area contributed by atoms with Crippen LogP contribution in [0.15, 0.2) is 35.3 Å². The molecule has 2 aliphatic heterocycles. The van der Waals surface area contributed by atoms with Crippen LogP contribution in [0.2, 0.25) is 0 Å². The van der Waals surface area contributed by atoms with E-state index in [9.17, 15) is 18.0 Å². The third-order valence-corrected chi connectivity index (χ3v) is 7.07. The van der Waals surface area contributed by atoms with Crippen LogP contribution in [0.5, 0.6) is 5.75 Å². The van der Waals surface area contributed by atoms with E-state index in [4.69, 9.17) is 9.47 Å². The van der Waals surface area contributed by atoms with Gasteiger partial charge in [0, 0.05) is 37.3 Å². The van der Waals surface area contributed by atoms with Gasteiger partial charge in [-0.25, -0.2) is 18.2 Å². The number of anilines is 4. The summed E-state index contributed by atoms with van der Waals surface area (Å²) < 4.78 is 56.5. The van der Waals surface area contributed by atoms with Crippen LogP contribution in [-0.2, 0) is 11.8 Å². The van der Waals surface area contributed by atoms with E-state index in [0.29, 0.717) is 61.6 Å². The molecule has 36 heavy (non-hydrogen) atoms. The molecule has 1 unspecified atom stereocenters. The van der Waals surface area contributed by atoms with Crippen LogP contribution >= 0.6 is 0 Å². The summed E-state index contributed by atoms with van der Waals surface area (Å²) >= 11 is 0. The van der Waals surface area contributed by atoms with Crippen LogP contribution in [0.3, 0.4) is 0 Å². The fourth-order valence-corrected chi connectivity index (χ4v) is 4.93. The van der Waals surface area contributed by atoms with Gasteiger partial charge >= 0.3 is 5.92 Å². The Morgan fingerprint density at radius 3 is 2.72 bits per heavy atom. The summed E-state index contributed by atoms with van der Waals surface area (Å²) in [6.07, 6.45) is 2.57. The van der Waals surface area contributed by atoms with E-state index < -0.39 is 29.9 Å². The minimum atomic E-state index is -3.12. The zero-order valence-electron chi connectivity index (χ0n) is 19.7. The molecule has 1 aromatic carbocycles. The molecule has 4 heterocycles. The minimum Gasteiger partial charge on any atom is -0.480 e. The van der Waals surface area contributed by atoms with Crippen LogP contribution in [0.1, 0.15) is 12.8 Å². The molecule has 0 bridgehead atoms. The first-order chi connectivity index (χ1) is 17.3. The average Bonchev–Trinajstić information content (AvgIpc) is 3.72. The largest absolute Gasteiger partial charge is 0.480 e. The van der Waals surface area contributed by atoms with E-state index in [1.165, 1.54) is 10.8 Å². The first-order valence-electron chi connectivity index (χ1n) is 12.0. The molecule has 0 radical (unpaired) electrons. The smallest absolute Gasteiger partial charge is 0.301 e. The van der Waals surface area contributed by atoms with Crippen molar-refractivity contribution in [2.75, 3.05) is 48.4 Å². The molecule has 1 aliphatic carbocycles. The maximum atomic E-state index is 14.9. The van der Waals surface area contributed by atoms with E-state index in [0.717, 1.165) is 0 Å². The number of hydrogen-bond donors (Lipinski definition) is 2. The molecule has 1 saturated carbocycles. The van der Waals surface area contributed by atoms with E-state index >= 15 is 0 Å². The van der Waals surface area contributed by atoms with Gasteiger partial charge in [0.05, 0.1) is 42.3 Å². The number of nitrogens with zero attached hydrogens (tertiary/aromatic N) is 3. The Labute approximate surface area is 205 Å².